The van der Waals surface area contributed by atoms with Crippen LogP contribution in [0.3, 0.4) is 0 Å². The highest BCUT2D eigenvalue weighted by Gasteiger charge is 2.30. The Bertz CT molecular complexity index is 1090. The van der Waals surface area contributed by atoms with Crippen molar-refractivity contribution in [3.8, 4) is 5.75 Å². The second kappa shape index (κ2) is 9.62. The molecule has 2 atom stereocenters. The van der Waals surface area contributed by atoms with Crippen molar-refractivity contribution in [3.05, 3.63) is 89.7 Å². The minimum absolute atomic E-state index is 0.0320. The molecule has 1 aliphatic heterocycles. The van der Waals surface area contributed by atoms with E-state index in [1.807, 2.05) is 36.4 Å². The quantitative estimate of drug-likeness (QED) is 0.625. The standard InChI is InChI=1S/C25H26N4O3/c1-29(25(31)21-12-15-32-23-5-3-2-4-20(21)23)16-22(26)17-6-8-18(9-7-17)24(30)28-19-10-13-27-14-11-19/h2-11,13-14,21-22H,12,15-16,26H2,1H3,(H,27,28,30). The van der Waals surface area contributed by atoms with Gasteiger partial charge in [0, 0.05) is 48.8 Å². The van der Waals surface area contributed by atoms with Crippen molar-refractivity contribution in [1.29, 1.82) is 0 Å². The van der Waals surface area contributed by atoms with Gasteiger partial charge < -0.3 is 20.7 Å². The highest BCUT2D eigenvalue weighted by molar-refractivity contribution is 6.04. The molecule has 0 saturated carbocycles. The van der Waals surface area contributed by atoms with Crippen molar-refractivity contribution in [3.63, 3.8) is 0 Å². The molecule has 7 nitrogen and oxygen atoms in total. The zero-order valence-electron chi connectivity index (χ0n) is 17.9. The van der Waals surface area contributed by atoms with E-state index >= 15 is 0 Å². The molecular formula is C25H26N4O3. The number of hydrogen-bond acceptors (Lipinski definition) is 5. The number of hydrogen-bond donors (Lipinski definition) is 2. The summed E-state index contributed by atoms with van der Waals surface area (Å²) in [6.45, 7) is 0.900. The van der Waals surface area contributed by atoms with Crippen LogP contribution in [0.5, 0.6) is 5.75 Å². The van der Waals surface area contributed by atoms with Crippen LogP contribution < -0.4 is 15.8 Å². The van der Waals surface area contributed by atoms with Crippen molar-refractivity contribution in [1.82, 2.24) is 9.88 Å². The van der Waals surface area contributed by atoms with Gasteiger partial charge in [0.15, 0.2) is 0 Å². The van der Waals surface area contributed by atoms with Crippen LogP contribution in [0.25, 0.3) is 0 Å². The van der Waals surface area contributed by atoms with Crippen LogP contribution in [-0.4, -0.2) is 41.9 Å². The molecule has 3 N–H and O–H groups in total. The van der Waals surface area contributed by atoms with Crippen molar-refractivity contribution >= 4 is 17.5 Å². The molecule has 0 saturated heterocycles. The van der Waals surface area contributed by atoms with Crippen molar-refractivity contribution in [2.45, 2.75) is 18.4 Å². The second-order valence-corrected chi connectivity index (χ2v) is 7.86. The van der Waals surface area contributed by atoms with Gasteiger partial charge in [0.1, 0.15) is 5.75 Å². The number of benzene rings is 2. The summed E-state index contributed by atoms with van der Waals surface area (Å²) in [6.07, 6.45) is 3.89. The van der Waals surface area contributed by atoms with E-state index < -0.39 is 0 Å². The number of ether oxygens (including phenoxy) is 1. The normalized spacial score (nSPS) is 15.8. The number of fused-ring (bicyclic) bond motifs is 1. The number of nitrogens with zero attached hydrogens (tertiary/aromatic N) is 2. The van der Waals surface area contributed by atoms with Crippen molar-refractivity contribution < 1.29 is 14.3 Å². The molecule has 0 fully saturated rings. The lowest BCUT2D eigenvalue weighted by atomic mass is 9.91. The Balaban J connectivity index is 1.38. The highest BCUT2D eigenvalue weighted by atomic mass is 16.5. The number of nitrogens with one attached hydrogen (secondary N) is 1. The summed E-state index contributed by atoms with van der Waals surface area (Å²) in [6, 6.07) is 17.9. The first-order valence-electron chi connectivity index (χ1n) is 10.6. The number of pyridine rings is 1. The maximum absolute atomic E-state index is 13.1. The molecule has 32 heavy (non-hydrogen) atoms. The molecule has 1 aromatic heterocycles. The molecule has 2 aromatic carbocycles. The van der Waals surface area contributed by atoms with Crippen LogP contribution in [0.1, 0.15) is 39.9 Å². The number of aromatic nitrogens is 1. The average molecular weight is 431 g/mol. The van der Waals surface area contributed by atoms with Gasteiger partial charge in [-0.3, -0.25) is 14.6 Å². The number of carbonyl (C=O) groups is 2. The Hall–Kier alpha value is -3.71. The third-order valence-corrected chi connectivity index (χ3v) is 5.64. The highest BCUT2D eigenvalue weighted by Crippen LogP contribution is 2.34. The number of likely N-dealkylation sites (N-methyl/N-ethyl adjacent to an activating group) is 1. The van der Waals surface area contributed by atoms with Crippen LogP contribution >= 0.6 is 0 Å². The van der Waals surface area contributed by atoms with E-state index in [0.29, 0.717) is 30.8 Å². The predicted octanol–water partition coefficient (Wildman–Crippen LogP) is 3.36. The van der Waals surface area contributed by atoms with Gasteiger partial charge in [-0.2, -0.15) is 0 Å². The van der Waals surface area contributed by atoms with E-state index in [0.717, 1.165) is 16.9 Å². The maximum atomic E-state index is 13.1. The van der Waals surface area contributed by atoms with E-state index in [1.54, 1.807) is 48.6 Å². The first kappa shape index (κ1) is 21.5. The number of nitrogens with two attached hydrogens (primary N) is 1. The molecule has 0 bridgehead atoms. The molecule has 3 aromatic rings. The maximum Gasteiger partial charge on any atom is 0.255 e. The first-order chi connectivity index (χ1) is 15.5. The molecule has 0 aliphatic carbocycles. The molecule has 2 unspecified atom stereocenters. The number of carbonyl (C=O) groups excluding carboxylic acids is 2. The summed E-state index contributed by atoms with van der Waals surface area (Å²) < 4.78 is 5.67. The molecule has 164 valence electrons. The number of amides is 2. The largest absolute Gasteiger partial charge is 0.493 e. The smallest absolute Gasteiger partial charge is 0.255 e. The Morgan fingerprint density at radius 1 is 1.12 bits per heavy atom. The zero-order chi connectivity index (χ0) is 22.5. The summed E-state index contributed by atoms with van der Waals surface area (Å²) in [7, 11) is 1.77. The fourth-order valence-electron chi connectivity index (χ4n) is 3.88. The molecular weight excluding hydrogens is 404 g/mol. The summed E-state index contributed by atoms with van der Waals surface area (Å²) >= 11 is 0. The van der Waals surface area contributed by atoms with Gasteiger partial charge in [-0.15, -0.1) is 0 Å². The van der Waals surface area contributed by atoms with E-state index in [1.165, 1.54) is 0 Å². The number of rotatable bonds is 6. The second-order valence-electron chi connectivity index (χ2n) is 7.86. The third kappa shape index (κ3) is 4.78. The van der Waals surface area contributed by atoms with Crippen LogP contribution in [0, 0.1) is 0 Å². The van der Waals surface area contributed by atoms with Gasteiger partial charge in [-0.05, 0) is 42.3 Å². The molecule has 4 rings (SSSR count). The molecule has 0 spiro atoms. The fraction of sp³-hybridized carbons (Fsp3) is 0.240. The van der Waals surface area contributed by atoms with Crippen LogP contribution in [-0.2, 0) is 4.79 Å². The zero-order valence-corrected chi connectivity index (χ0v) is 17.9. The summed E-state index contributed by atoms with van der Waals surface area (Å²) in [5.74, 6) is 0.373. The third-order valence-electron chi connectivity index (χ3n) is 5.64. The van der Waals surface area contributed by atoms with Gasteiger partial charge in [0.25, 0.3) is 5.91 Å². The van der Waals surface area contributed by atoms with Crippen LogP contribution in [0.4, 0.5) is 5.69 Å². The predicted molar refractivity (Wildman–Crippen MR) is 122 cm³/mol. The topological polar surface area (TPSA) is 97.5 Å². The summed E-state index contributed by atoms with van der Waals surface area (Å²) in [5.41, 5.74) is 9.37. The Morgan fingerprint density at radius 3 is 2.59 bits per heavy atom. The van der Waals surface area contributed by atoms with Gasteiger partial charge in [0.05, 0.1) is 12.5 Å². The van der Waals surface area contributed by atoms with Crippen LogP contribution in [0.2, 0.25) is 0 Å². The van der Waals surface area contributed by atoms with Gasteiger partial charge >= 0.3 is 0 Å². The average Bonchev–Trinajstić information content (AvgIpc) is 2.84. The lowest BCUT2D eigenvalue weighted by Gasteiger charge is -2.30. The fourth-order valence-corrected chi connectivity index (χ4v) is 3.88. The summed E-state index contributed by atoms with van der Waals surface area (Å²) in [5, 5.41) is 2.83. The Morgan fingerprint density at radius 2 is 1.84 bits per heavy atom. The minimum atomic E-state index is -0.364. The lowest BCUT2D eigenvalue weighted by Crippen LogP contribution is -2.38. The van der Waals surface area contributed by atoms with E-state index in [2.05, 4.69) is 10.3 Å². The SMILES string of the molecule is CN(CC(N)c1ccc(C(=O)Nc2ccncc2)cc1)C(=O)C1CCOc2ccccc21. The summed E-state index contributed by atoms with van der Waals surface area (Å²) in [4.78, 5) is 31.1. The van der Waals surface area contributed by atoms with E-state index in [-0.39, 0.29) is 23.8 Å². The van der Waals surface area contributed by atoms with E-state index in [9.17, 15) is 9.59 Å². The molecule has 2 heterocycles. The Labute approximate surface area is 187 Å². The van der Waals surface area contributed by atoms with Gasteiger partial charge in [0.2, 0.25) is 5.91 Å². The van der Waals surface area contributed by atoms with Crippen LogP contribution in [0.15, 0.2) is 73.1 Å². The van der Waals surface area contributed by atoms with Crippen molar-refractivity contribution in [2.75, 3.05) is 25.5 Å². The van der Waals surface area contributed by atoms with E-state index in [4.69, 9.17) is 10.5 Å². The molecule has 1 aliphatic rings. The monoisotopic (exact) mass is 430 g/mol. The first-order valence-corrected chi connectivity index (χ1v) is 10.6. The number of anilines is 1. The lowest BCUT2D eigenvalue weighted by molar-refractivity contribution is -0.132. The molecule has 2 amide bonds. The Kier molecular flexibility index (Phi) is 6.47. The van der Waals surface area contributed by atoms with Gasteiger partial charge in [-0.25, -0.2) is 0 Å². The van der Waals surface area contributed by atoms with Crippen molar-refractivity contribution in [2.24, 2.45) is 5.73 Å². The number of para-hydroxylation sites is 1. The minimum Gasteiger partial charge on any atom is -0.493 e. The molecule has 7 heteroatoms. The molecule has 0 radical (unpaired) electrons. The van der Waals surface area contributed by atoms with Gasteiger partial charge in [-0.1, -0.05) is 30.3 Å².